The van der Waals surface area contributed by atoms with Crippen LogP contribution in [-0.2, 0) is 26.2 Å². The molecule has 11 heteroatoms. The molecule has 0 aliphatic rings. The van der Waals surface area contributed by atoms with E-state index in [1.165, 1.54) is 12.3 Å². The summed E-state index contributed by atoms with van der Waals surface area (Å²) in [5.74, 6) is 0.419. The molecule has 0 aromatic heterocycles. The molecule has 42 heavy (non-hydrogen) atoms. The third kappa shape index (κ3) is 11.5. The average Bonchev–Trinajstić information content (AvgIpc) is 2.95. The number of nitrogens with one attached hydrogen (secondary N) is 3. The summed E-state index contributed by atoms with van der Waals surface area (Å²) >= 11 is 0. The molecule has 3 aromatic rings. The number of para-hydroxylation sites is 1. The molecule has 0 saturated carbocycles. The number of hydrogen-bond donors (Lipinski definition) is 3. The molecule has 0 aliphatic heterocycles. The Balaban J connectivity index is 0.000000369. The van der Waals surface area contributed by atoms with Crippen LogP contribution in [0.25, 0.3) is 0 Å². The van der Waals surface area contributed by atoms with E-state index in [0.717, 1.165) is 37.6 Å². The number of carbonyl (C=O) groups excluding carboxylic acids is 1. The Morgan fingerprint density at radius 1 is 0.810 bits per heavy atom. The summed E-state index contributed by atoms with van der Waals surface area (Å²) in [4.78, 5) is 12.8. The van der Waals surface area contributed by atoms with Gasteiger partial charge in [0.2, 0.25) is 0 Å². The van der Waals surface area contributed by atoms with Crippen LogP contribution in [0.15, 0.2) is 76.5 Å². The maximum absolute atomic E-state index is 12.5. The van der Waals surface area contributed by atoms with Crippen LogP contribution < -0.4 is 20.7 Å². The maximum atomic E-state index is 12.5. The van der Waals surface area contributed by atoms with Crippen LogP contribution in [-0.4, -0.2) is 54.9 Å². The van der Waals surface area contributed by atoms with Crippen LogP contribution in [0.4, 0.5) is 5.69 Å². The van der Waals surface area contributed by atoms with Crippen molar-refractivity contribution in [3.8, 4) is 11.5 Å². The van der Waals surface area contributed by atoms with Crippen molar-refractivity contribution in [2.45, 2.75) is 56.4 Å². The predicted octanol–water partition coefficient (Wildman–Crippen LogP) is 5.43. The summed E-state index contributed by atoms with van der Waals surface area (Å²) < 4.78 is 53.4. The molecule has 0 aliphatic carbocycles. The first kappa shape index (κ1) is 34.8. The molecule has 1 amide bonds. The first-order valence-electron chi connectivity index (χ1n) is 14.0. The molecule has 0 unspecified atom stereocenters. The van der Waals surface area contributed by atoms with Crippen molar-refractivity contribution in [3.05, 3.63) is 77.9 Å². The van der Waals surface area contributed by atoms with E-state index < -0.39 is 19.7 Å². The fourth-order valence-electron chi connectivity index (χ4n) is 3.75. The molecule has 0 fully saturated rings. The topological polar surface area (TPSA) is 131 Å². The lowest BCUT2D eigenvalue weighted by atomic mass is 10.1. The fraction of sp³-hybridized carbons (Fsp3) is 0.387. The van der Waals surface area contributed by atoms with Crippen molar-refractivity contribution >= 4 is 31.3 Å². The van der Waals surface area contributed by atoms with Crippen molar-refractivity contribution < 1.29 is 26.4 Å². The lowest BCUT2D eigenvalue weighted by molar-refractivity contribution is 0.0953. The molecule has 0 spiro atoms. The van der Waals surface area contributed by atoms with Crippen LogP contribution in [0.3, 0.4) is 0 Å². The SMILES string of the molecule is CCCCNc1cc(C(=O)NCCC)cc(S(C)(=O)=O)c1Oc1ccccc1.CCNCc1cccc(S(C)(=O)=O)c1. The Morgan fingerprint density at radius 3 is 2.12 bits per heavy atom. The first-order valence-corrected chi connectivity index (χ1v) is 17.8. The zero-order chi connectivity index (χ0) is 31.2. The summed E-state index contributed by atoms with van der Waals surface area (Å²) in [5.41, 5.74) is 1.77. The van der Waals surface area contributed by atoms with Crippen LogP contribution in [0.5, 0.6) is 11.5 Å². The molecule has 0 saturated heterocycles. The number of anilines is 1. The van der Waals surface area contributed by atoms with Gasteiger partial charge in [-0.1, -0.05) is 57.5 Å². The van der Waals surface area contributed by atoms with Gasteiger partial charge in [0.15, 0.2) is 25.4 Å². The van der Waals surface area contributed by atoms with E-state index in [1.807, 2.05) is 38.1 Å². The summed E-state index contributed by atoms with van der Waals surface area (Å²) in [6.45, 7) is 8.79. The second-order valence-electron chi connectivity index (χ2n) is 9.77. The number of unbranched alkanes of at least 4 members (excludes halogenated alkanes) is 1. The van der Waals surface area contributed by atoms with Crippen LogP contribution in [0.1, 0.15) is 56.0 Å². The van der Waals surface area contributed by atoms with Gasteiger partial charge in [-0.05, 0) is 61.3 Å². The molecular weight excluding hydrogens is 574 g/mol. The summed E-state index contributed by atoms with van der Waals surface area (Å²) in [6.07, 6.45) is 5.02. The van der Waals surface area contributed by atoms with Gasteiger partial charge in [0.25, 0.3) is 5.91 Å². The fourth-order valence-corrected chi connectivity index (χ4v) is 5.27. The quantitative estimate of drug-likeness (QED) is 0.204. The third-order valence-corrected chi connectivity index (χ3v) is 8.18. The van der Waals surface area contributed by atoms with E-state index in [9.17, 15) is 21.6 Å². The van der Waals surface area contributed by atoms with E-state index in [-0.39, 0.29) is 22.1 Å². The normalized spacial score (nSPS) is 11.3. The molecule has 3 aromatic carbocycles. The molecule has 0 heterocycles. The van der Waals surface area contributed by atoms with Crippen molar-refractivity contribution in [2.75, 3.05) is 37.5 Å². The standard InChI is InChI=1S/C21H28N2O4S.C10H15NO2S/c1-4-6-13-22-18-14-16(21(24)23-12-5-2)15-19(28(3,25)26)20(18)27-17-10-8-7-9-11-17;1-3-11-8-9-5-4-6-10(7-9)14(2,12)13/h7-11,14-15,22H,4-6,12-13H2,1-3H3,(H,23,24);4-7,11H,3,8H2,1-2H3. The molecule has 3 rings (SSSR count). The van der Waals surface area contributed by atoms with Gasteiger partial charge in [-0.2, -0.15) is 0 Å². The average molecular weight is 618 g/mol. The van der Waals surface area contributed by atoms with Crippen molar-refractivity contribution in [1.29, 1.82) is 0 Å². The van der Waals surface area contributed by atoms with Gasteiger partial charge in [0.1, 0.15) is 10.6 Å². The Bertz CT molecular complexity index is 1510. The number of rotatable bonds is 14. The zero-order valence-electron chi connectivity index (χ0n) is 25.1. The second-order valence-corrected chi connectivity index (χ2v) is 13.8. The van der Waals surface area contributed by atoms with Crippen LogP contribution in [0.2, 0.25) is 0 Å². The minimum Gasteiger partial charge on any atom is -0.454 e. The molecule has 230 valence electrons. The Kier molecular flexibility index (Phi) is 14.0. The highest BCUT2D eigenvalue weighted by Crippen LogP contribution is 2.37. The van der Waals surface area contributed by atoms with E-state index >= 15 is 0 Å². The minimum atomic E-state index is -3.63. The van der Waals surface area contributed by atoms with E-state index in [4.69, 9.17) is 4.74 Å². The lowest BCUT2D eigenvalue weighted by Crippen LogP contribution is -2.24. The zero-order valence-corrected chi connectivity index (χ0v) is 26.7. The predicted molar refractivity (Wildman–Crippen MR) is 169 cm³/mol. The van der Waals surface area contributed by atoms with E-state index in [1.54, 1.807) is 36.4 Å². The van der Waals surface area contributed by atoms with E-state index in [2.05, 4.69) is 22.9 Å². The summed E-state index contributed by atoms with van der Waals surface area (Å²) in [6, 6.07) is 19.0. The smallest absolute Gasteiger partial charge is 0.251 e. The number of amides is 1. The Labute approximate surface area is 250 Å². The Morgan fingerprint density at radius 2 is 1.52 bits per heavy atom. The van der Waals surface area contributed by atoms with Gasteiger partial charge in [0, 0.05) is 37.7 Å². The van der Waals surface area contributed by atoms with Gasteiger partial charge in [-0.3, -0.25) is 4.79 Å². The monoisotopic (exact) mass is 617 g/mol. The third-order valence-electron chi connectivity index (χ3n) is 5.97. The van der Waals surface area contributed by atoms with Crippen molar-refractivity contribution in [3.63, 3.8) is 0 Å². The highest BCUT2D eigenvalue weighted by atomic mass is 32.2. The van der Waals surface area contributed by atoms with Gasteiger partial charge in [0.05, 0.1) is 10.6 Å². The van der Waals surface area contributed by atoms with Crippen LogP contribution in [0, 0.1) is 0 Å². The highest BCUT2D eigenvalue weighted by Gasteiger charge is 2.23. The molecule has 0 bridgehead atoms. The molecule has 0 atom stereocenters. The minimum absolute atomic E-state index is 0.0144. The van der Waals surface area contributed by atoms with Crippen LogP contribution >= 0.6 is 0 Å². The highest BCUT2D eigenvalue weighted by molar-refractivity contribution is 7.91. The van der Waals surface area contributed by atoms with E-state index in [0.29, 0.717) is 36.0 Å². The molecule has 9 nitrogen and oxygen atoms in total. The van der Waals surface area contributed by atoms with Gasteiger partial charge in [-0.15, -0.1) is 0 Å². The van der Waals surface area contributed by atoms with Crippen molar-refractivity contribution in [1.82, 2.24) is 10.6 Å². The summed E-state index contributed by atoms with van der Waals surface area (Å²) in [7, 11) is -6.71. The number of ether oxygens (including phenoxy) is 1. The first-order chi connectivity index (χ1) is 19.9. The maximum Gasteiger partial charge on any atom is 0.251 e. The molecular formula is C31H43N3O6S2. The number of hydrogen-bond acceptors (Lipinski definition) is 8. The number of sulfone groups is 2. The summed E-state index contributed by atoms with van der Waals surface area (Å²) in [5, 5.41) is 9.17. The number of benzene rings is 3. The van der Waals surface area contributed by atoms with Gasteiger partial charge in [-0.25, -0.2) is 16.8 Å². The lowest BCUT2D eigenvalue weighted by Gasteiger charge is -2.18. The number of carbonyl (C=O) groups is 1. The van der Waals surface area contributed by atoms with Crippen molar-refractivity contribution in [2.24, 2.45) is 0 Å². The Hall–Kier alpha value is -3.41. The molecule has 3 N–H and O–H groups in total. The second kappa shape index (κ2) is 16.9. The largest absolute Gasteiger partial charge is 0.454 e. The van der Waals surface area contributed by atoms with Gasteiger partial charge >= 0.3 is 0 Å². The van der Waals surface area contributed by atoms with Gasteiger partial charge < -0.3 is 20.7 Å². The molecule has 0 radical (unpaired) electrons.